The number of para-hydroxylation sites is 1. The molecule has 2 heterocycles. The number of hydrogen-bond donors (Lipinski definition) is 3. The molecule has 4 rings (SSSR count). The van der Waals surface area contributed by atoms with E-state index < -0.39 is 11.8 Å². The molecule has 1 aliphatic carbocycles. The predicted molar refractivity (Wildman–Crippen MR) is 108 cm³/mol. The summed E-state index contributed by atoms with van der Waals surface area (Å²) in [6.45, 7) is 0. The van der Waals surface area contributed by atoms with E-state index in [0.29, 0.717) is 10.6 Å². The molecule has 0 spiro atoms. The lowest BCUT2D eigenvalue weighted by atomic mass is 9.96. The number of amides is 2. The summed E-state index contributed by atoms with van der Waals surface area (Å²) in [6, 6.07) is 9.86. The Labute approximate surface area is 165 Å². The molecule has 0 atom stereocenters. The number of nitrogens with zero attached hydrogens (tertiary/aromatic N) is 2. The first kappa shape index (κ1) is 17.9. The fraction of sp³-hybridized carbons (Fsp3) is 0.200. The average molecular weight is 391 g/mol. The van der Waals surface area contributed by atoms with Crippen molar-refractivity contribution in [1.29, 1.82) is 5.26 Å². The molecular formula is C20H17N5O2S. The molecule has 1 aromatic carbocycles. The van der Waals surface area contributed by atoms with Gasteiger partial charge in [-0.25, -0.2) is 5.43 Å². The van der Waals surface area contributed by atoms with Crippen molar-refractivity contribution in [2.75, 3.05) is 5.32 Å². The number of carbonyl (C=O) groups is 2. The van der Waals surface area contributed by atoms with Gasteiger partial charge < -0.3 is 10.3 Å². The number of H-pyrrole nitrogens is 1. The van der Waals surface area contributed by atoms with Gasteiger partial charge in [0.15, 0.2) is 0 Å². The number of aryl methyl sites for hydroxylation is 1. The number of nitriles is 1. The minimum Gasteiger partial charge on any atom is -0.361 e. The lowest BCUT2D eigenvalue weighted by Crippen LogP contribution is -2.32. The van der Waals surface area contributed by atoms with E-state index in [9.17, 15) is 14.9 Å². The number of benzene rings is 1. The topological polar surface area (TPSA) is 110 Å². The number of thiophene rings is 1. The van der Waals surface area contributed by atoms with E-state index in [1.54, 1.807) is 6.20 Å². The minimum absolute atomic E-state index is 0.440. The standard InChI is InChI=1S/C20H17N5O2S/c21-9-15-14-6-2-4-8-17(14)28-20(15)24-18(26)19(27)25-23-11-12-10-22-16-7-3-1-5-13(12)16/h1,3,5,7,10-11,22H,2,4,6,8H2,(H,24,26)(H,25,27). The van der Waals surface area contributed by atoms with Crippen LogP contribution in [0.25, 0.3) is 10.9 Å². The SMILES string of the molecule is N#Cc1c(NC(=O)C(=O)NN=Cc2c[nH]c3ccccc23)sc2c1CCCC2. The Morgan fingerprint density at radius 2 is 2.04 bits per heavy atom. The van der Waals surface area contributed by atoms with Crippen LogP contribution in [-0.2, 0) is 22.4 Å². The maximum atomic E-state index is 12.2. The first-order valence-corrected chi connectivity index (χ1v) is 9.74. The number of hydrogen-bond acceptors (Lipinski definition) is 5. The molecule has 0 unspecified atom stereocenters. The third-order valence-corrected chi connectivity index (χ3v) is 5.91. The van der Waals surface area contributed by atoms with Gasteiger partial charge in [-0.3, -0.25) is 9.59 Å². The van der Waals surface area contributed by atoms with Crippen molar-refractivity contribution >= 4 is 45.3 Å². The Balaban J connectivity index is 1.42. The van der Waals surface area contributed by atoms with Crippen molar-refractivity contribution in [1.82, 2.24) is 10.4 Å². The van der Waals surface area contributed by atoms with Crippen LogP contribution in [-0.4, -0.2) is 23.0 Å². The maximum absolute atomic E-state index is 12.2. The normalized spacial score (nSPS) is 13.2. The highest BCUT2D eigenvalue weighted by molar-refractivity contribution is 7.16. The molecule has 8 heteroatoms. The minimum atomic E-state index is -0.883. The number of rotatable bonds is 3. The quantitative estimate of drug-likeness (QED) is 0.362. The summed E-state index contributed by atoms with van der Waals surface area (Å²) >= 11 is 1.38. The van der Waals surface area contributed by atoms with Crippen LogP contribution in [0.15, 0.2) is 35.6 Å². The molecule has 2 amide bonds. The zero-order valence-corrected chi connectivity index (χ0v) is 15.7. The van der Waals surface area contributed by atoms with Crippen molar-refractivity contribution in [2.45, 2.75) is 25.7 Å². The Hall–Kier alpha value is -3.44. The lowest BCUT2D eigenvalue weighted by molar-refractivity contribution is -0.136. The molecule has 0 saturated carbocycles. The average Bonchev–Trinajstić information content (AvgIpc) is 3.28. The third kappa shape index (κ3) is 3.40. The molecule has 0 fully saturated rings. The monoisotopic (exact) mass is 391 g/mol. The number of carbonyl (C=O) groups excluding carboxylic acids is 2. The van der Waals surface area contributed by atoms with Gasteiger partial charge in [-0.05, 0) is 37.3 Å². The van der Waals surface area contributed by atoms with Gasteiger partial charge in [0.2, 0.25) is 0 Å². The van der Waals surface area contributed by atoms with E-state index in [4.69, 9.17) is 0 Å². The first-order chi connectivity index (χ1) is 13.7. The fourth-order valence-electron chi connectivity index (χ4n) is 3.34. The van der Waals surface area contributed by atoms with Gasteiger partial charge in [0.25, 0.3) is 0 Å². The number of aromatic nitrogens is 1. The lowest BCUT2D eigenvalue weighted by Gasteiger charge is -2.09. The third-order valence-electron chi connectivity index (χ3n) is 4.71. The Kier molecular flexibility index (Phi) is 4.91. The van der Waals surface area contributed by atoms with Crippen LogP contribution in [0.4, 0.5) is 5.00 Å². The Morgan fingerprint density at radius 1 is 1.21 bits per heavy atom. The van der Waals surface area contributed by atoms with Crippen molar-refractivity contribution in [3.05, 3.63) is 52.0 Å². The summed E-state index contributed by atoms with van der Waals surface area (Å²) in [4.78, 5) is 28.5. The summed E-state index contributed by atoms with van der Waals surface area (Å²) in [5.74, 6) is -1.72. The molecule has 0 bridgehead atoms. The number of hydrazone groups is 1. The van der Waals surface area contributed by atoms with Crippen LogP contribution >= 0.6 is 11.3 Å². The second kappa shape index (κ2) is 7.66. The zero-order valence-electron chi connectivity index (χ0n) is 14.9. The Bertz CT molecular complexity index is 1140. The maximum Gasteiger partial charge on any atom is 0.329 e. The van der Waals surface area contributed by atoms with Crippen LogP contribution in [0.1, 0.15) is 34.4 Å². The molecule has 3 N–H and O–H groups in total. The van der Waals surface area contributed by atoms with Crippen molar-refractivity contribution in [3.63, 3.8) is 0 Å². The highest BCUT2D eigenvalue weighted by Crippen LogP contribution is 2.37. The fourth-order valence-corrected chi connectivity index (χ4v) is 4.58. The summed E-state index contributed by atoms with van der Waals surface area (Å²) in [5.41, 5.74) is 5.47. The molecule has 0 saturated heterocycles. The van der Waals surface area contributed by atoms with Gasteiger partial charge in [-0.15, -0.1) is 11.3 Å². The first-order valence-electron chi connectivity index (χ1n) is 8.92. The molecule has 7 nitrogen and oxygen atoms in total. The van der Waals surface area contributed by atoms with Crippen molar-refractivity contribution in [2.24, 2.45) is 5.10 Å². The molecule has 28 heavy (non-hydrogen) atoms. The number of nitrogens with one attached hydrogen (secondary N) is 3. The zero-order chi connectivity index (χ0) is 19.5. The summed E-state index contributed by atoms with van der Waals surface area (Å²) < 4.78 is 0. The smallest absolute Gasteiger partial charge is 0.329 e. The van der Waals surface area contributed by atoms with Gasteiger partial charge in [-0.1, -0.05) is 18.2 Å². The van der Waals surface area contributed by atoms with Gasteiger partial charge in [0.05, 0.1) is 11.8 Å². The van der Waals surface area contributed by atoms with E-state index in [-0.39, 0.29) is 0 Å². The largest absolute Gasteiger partial charge is 0.361 e. The van der Waals surface area contributed by atoms with Gasteiger partial charge >= 0.3 is 11.8 Å². The van der Waals surface area contributed by atoms with Crippen LogP contribution < -0.4 is 10.7 Å². The van der Waals surface area contributed by atoms with E-state index >= 15 is 0 Å². The molecule has 2 aromatic heterocycles. The van der Waals surface area contributed by atoms with E-state index in [2.05, 4.69) is 26.9 Å². The van der Waals surface area contributed by atoms with Gasteiger partial charge in [-0.2, -0.15) is 10.4 Å². The predicted octanol–water partition coefficient (Wildman–Crippen LogP) is 3.07. The number of anilines is 1. The summed E-state index contributed by atoms with van der Waals surface area (Å²) in [5, 5.41) is 17.3. The van der Waals surface area contributed by atoms with Crippen LogP contribution in [0.3, 0.4) is 0 Å². The highest BCUT2D eigenvalue weighted by Gasteiger charge is 2.23. The number of fused-ring (bicyclic) bond motifs is 2. The molecule has 3 aromatic rings. The van der Waals surface area contributed by atoms with E-state index in [1.165, 1.54) is 17.6 Å². The van der Waals surface area contributed by atoms with Crippen LogP contribution in [0.2, 0.25) is 0 Å². The second-order valence-corrected chi connectivity index (χ2v) is 7.57. The van der Waals surface area contributed by atoms with E-state index in [1.807, 2.05) is 24.3 Å². The van der Waals surface area contributed by atoms with Crippen molar-refractivity contribution < 1.29 is 9.59 Å². The summed E-state index contributed by atoms with van der Waals surface area (Å²) in [7, 11) is 0. The molecular weight excluding hydrogens is 374 g/mol. The van der Waals surface area contributed by atoms with Crippen LogP contribution in [0.5, 0.6) is 0 Å². The number of aromatic amines is 1. The second-order valence-electron chi connectivity index (χ2n) is 6.47. The van der Waals surface area contributed by atoms with Crippen molar-refractivity contribution in [3.8, 4) is 6.07 Å². The molecule has 0 aliphatic heterocycles. The van der Waals surface area contributed by atoms with Crippen LogP contribution in [0, 0.1) is 11.3 Å². The van der Waals surface area contributed by atoms with Gasteiger partial charge in [0, 0.05) is 27.5 Å². The summed E-state index contributed by atoms with van der Waals surface area (Å²) in [6.07, 6.45) is 7.12. The molecule has 1 aliphatic rings. The van der Waals surface area contributed by atoms with Gasteiger partial charge in [0.1, 0.15) is 11.1 Å². The molecule has 0 radical (unpaired) electrons. The van der Waals surface area contributed by atoms with E-state index in [0.717, 1.165) is 52.6 Å². The highest BCUT2D eigenvalue weighted by atomic mass is 32.1. The molecule has 140 valence electrons. The Morgan fingerprint density at radius 3 is 2.89 bits per heavy atom.